The average Bonchev–Trinajstić information content (AvgIpc) is 2.96. The zero-order valence-electron chi connectivity index (χ0n) is 12.5. The first-order valence-corrected chi connectivity index (χ1v) is 7.50. The zero-order chi connectivity index (χ0) is 16.2. The Labute approximate surface area is 138 Å². The summed E-state index contributed by atoms with van der Waals surface area (Å²) in [5.41, 5.74) is 5.96. The number of hydrazone groups is 1. The molecule has 0 saturated carbocycles. The van der Waals surface area contributed by atoms with Crippen LogP contribution in [0.2, 0.25) is 5.02 Å². The molecule has 0 fully saturated rings. The molecular formula is C17H15ClN4O. The number of hydrogen-bond donors (Lipinski definition) is 1. The lowest BCUT2D eigenvalue weighted by molar-refractivity contribution is -0.121. The first-order chi connectivity index (χ1) is 11.1. The van der Waals surface area contributed by atoms with Gasteiger partial charge in [-0.1, -0.05) is 35.9 Å². The number of halogens is 1. The molecule has 0 radical (unpaired) electrons. The molecule has 23 heavy (non-hydrogen) atoms. The maximum absolute atomic E-state index is 12.1. The van der Waals surface area contributed by atoms with Gasteiger partial charge in [-0.2, -0.15) is 5.10 Å². The molecule has 0 atom stereocenters. The number of fused-ring (bicyclic) bond motifs is 1. The maximum Gasteiger partial charge on any atom is 0.260 e. The highest BCUT2D eigenvalue weighted by molar-refractivity contribution is 6.30. The van der Waals surface area contributed by atoms with Crippen LogP contribution < -0.4 is 5.43 Å². The Bertz CT molecular complexity index is 868. The minimum atomic E-state index is -0.207. The SMILES string of the molecule is CC(=NNC(=O)Cn1cnc2ccccc21)c1ccc(Cl)cc1. The van der Waals surface area contributed by atoms with Crippen LogP contribution in [0.15, 0.2) is 60.0 Å². The molecule has 0 spiro atoms. The molecular weight excluding hydrogens is 312 g/mol. The van der Waals surface area contributed by atoms with Crippen molar-refractivity contribution in [1.82, 2.24) is 15.0 Å². The molecule has 0 unspecified atom stereocenters. The highest BCUT2D eigenvalue weighted by Crippen LogP contribution is 2.12. The van der Waals surface area contributed by atoms with Gasteiger partial charge in [0.1, 0.15) is 6.54 Å². The summed E-state index contributed by atoms with van der Waals surface area (Å²) in [6, 6.07) is 15.0. The van der Waals surface area contributed by atoms with Gasteiger partial charge in [-0.05, 0) is 36.8 Å². The fourth-order valence-electron chi connectivity index (χ4n) is 2.23. The maximum atomic E-state index is 12.1. The van der Waals surface area contributed by atoms with Crippen molar-refractivity contribution in [3.63, 3.8) is 0 Å². The summed E-state index contributed by atoms with van der Waals surface area (Å²) in [5, 5.41) is 4.79. The van der Waals surface area contributed by atoms with Crippen LogP contribution in [0.5, 0.6) is 0 Å². The van der Waals surface area contributed by atoms with E-state index in [-0.39, 0.29) is 12.5 Å². The van der Waals surface area contributed by atoms with Crippen molar-refractivity contribution in [2.75, 3.05) is 0 Å². The molecule has 1 amide bonds. The number of carbonyl (C=O) groups is 1. The smallest absolute Gasteiger partial charge is 0.260 e. The quantitative estimate of drug-likeness (QED) is 0.591. The molecule has 0 aliphatic rings. The van der Waals surface area contributed by atoms with E-state index in [1.165, 1.54) is 0 Å². The Hall–Kier alpha value is -2.66. The topological polar surface area (TPSA) is 59.3 Å². The van der Waals surface area contributed by atoms with Crippen LogP contribution in [0, 0.1) is 0 Å². The lowest BCUT2D eigenvalue weighted by Gasteiger charge is -2.05. The third kappa shape index (κ3) is 3.57. The Morgan fingerprint density at radius 3 is 2.74 bits per heavy atom. The standard InChI is InChI=1S/C17H15ClN4O/c1-12(13-6-8-14(18)9-7-13)20-21-17(23)10-22-11-19-15-4-2-3-5-16(15)22/h2-9,11H,10H2,1H3,(H,21,23). The van der Waals surface area contributed by atoms with Crippen molar-refractivity contribution >= 4 is 34.3 Å². The molecule has 0 aliphatic carbocycles. The Morgan fingerprint density at radius 2 is 1.96 bits per heavy atom. The number of amides is 1. The van der Waals surface area contributed by atoms with E-state index in [9.17, 15) is 4.79 Å². The number of rotatable bonds is 4. The summed E-state index contributed by atoms with van der Waals surface area (Å²) in [4.78, 5) is 16.3. The fourth-order valence-corrected chi connectivity index (χ4v) is 2.35. The van der Waals surface area contributed by atoms with Crippen LogP contribution >= 0.6 is 11.6 Å². The number of nitrogens with one attached hydrogen (secondary N) is 1. The average molecular weight is 327 g/mol. The Morgan fingerprint density at radius 1 is 1.22 bits per heavy atom. The van der Waals surface area contributed by atoms with Crippen LogP contribution in [0.3, 0.4) is 0 Å². The third-order valence-electron chi connectivity index (χ3n) is 3.45. The van der Waals surface area contributed by atoms with Crippen LogP contribution in [0.1, 0.15) is 12.5 Å². The number of benzene rings is 2. The molecule has 5 nitrogen and oxygen atoms in total. The van der Waals surface area contributed by atoms with Gasteiger partial charge < -0.3 is 4.57 Å². The van der Waals surface area contributed by atoms with E-state index in [0.717, 1.165) is 16.6 Å². The van der Waals surface area contributed by atoms with Crippen molar-refractivity contribution in [2.45, 2.75) is 13.5 Å². The number of aromatic nitrogens is 2. The van der Waals surface area contributed by atoms with Gasteiger partial charge in [0, 0.05) is 5.02 Å². The van der Waals surface area contributed by atoms with Gasteiger partial charge in [-0.3, -0.25) is 4.79 Å². The fraction of sp³-hybridized carbons (Fsp3) is 0.118. The Kier molecular flexibility index (Phi) is 4.39. The summed E-state index contributed by atoms with van der Waals surface area (Å²) in [6.07, 6.45) is 1.65. The number of imidazole rings is 1. The van der Waals surface area contributed by atoms with Gasteiger partial charge in [0.2, 0.25) is 0 Å². The van der Waals surface area contributed by atoms with Crippen molar-refractivity contribution in [2.24, 2.45) is 5.10 Å². The summed E-state index contributed by atoms with van der Waals surface area (Å²) in [6.45, 7) is 1.99. The minimum Gasteiger partial charge on any atom is -0.321 e. The van der Waals surface area contributed by atoms with Gasteiger partial charge in [0.25, 0.3) is 5.91 Å². The molecule has 2 aromatic carbocycles. The monoisotopic (exact) mass is 326 g/mol. The molecule has 1 heterocycles. The van der Waals surface area contributed by atoms with E-state index < -0.39 is 0 Å². The number of nitrogens with zero attached hydrogens (tertiary/aromatic N) is 3. The van der Waals surface area contributed by atoms with E-state index in [4.69, 9.17) is 11.6 Å². The largest absolute Gasteiger partial charge is 0.321 e. The lowest BCUT2D eigenvalue weighted by atomic mass is 10.1. The Balaban J connectivity index is 1.67. The second-order valence-corrected chi connectivity index (χ2v) is 5.54. The van der Waals surface area contributed by atoms with Crippen LogP contribution in [-0.2, 0) is 11.3 Å². The van der Waals surface area contributed by atoms with Crippen molar-refractivity contribution < 1.29 is 4.79 Å². The molecule has 3 rings (SSSR count). The van der Waals surface area contributed by atoms with E-state index >= 15 is 0 Å². The highest BCUT2D eigenvalue weighted by Gasteiger charge is 2.06. The van der Waals surface area contributed by atoms with Crippen molar-refractivity contribution in [3.05, 3.63) is 65.4 Å². The molecule has 116 valence electrons. The van der Waals surface area contributed by atoms with Gasteiger partial charge in [0.05, 0.1) is 23.1 Å². The molecule has 6 heteroatoms. The predicted molar refractivity (Wildman–Crippen MR) is 91.5 cm³/mol. The van der Waals surface area contributed by atoms with E-state index in [2.05, 4.69) is 15.5 Å². The second kappa shape index (κ2) is 6.62. The highest BCUT2D eigenvalue weighted by atomic mass is 35.5. The van der Waals surface area contributed by atoms with Crippen molar-refractivity contribution in [1.29, 1.82) is 0 Å². The van der Waals surface area contributed by atoms with Crippen LogP contribution in [0.25, 0.3) is 11.0 Å². The first kappa shape index (κ1) is 15.2. The lowest BCUT2D eigenvalue weighted by Crippen LogP contribution is -2.24. The van der Waals surface area contributed by atoms with E-state index in [1.54, 1.807) is 23.0 Å². The molecule has 1 aromatic heterocycles. The molecule has 3 aromatic rings. The normalized spacial score (nSPS) is 11.7. The second-order valence-electron chi connectivity index (χ2n) is 5.10. The van der Waals surface area contributed by atoms with Crippen molar-refractivity contribution in [3.8, 4) is 0 Å². The summed E-state index contributed by atoms with van der Waals surface area (Å²) >= 11 is 5.85. The third-order valence-corrected chi connectivity index (χ3v) is 3.70. The van der Waals surface area contributed by atoms with Gasteiger partial charge in [0.15, 0.2) is 0 Å². The van der Waals surface area contributed by atoms with Crippen LogP contribution in [0.4, 0.5) is 0 Å². The van der Waals surface area contributed by atoms with Crippen LogP contribution in [-0.4, -0.2) is 21.2 Å². The number of para-hydroxylation sites is 2. The van der Waals surface area contributed by atoms with E-state index in [0.29, 0.717) is 10.7 Å². The summed E-state index contributed by atoms with van der Waals surface area (Å²) in [5.74, 6) is -0.207. The number of hydrogen-bond acceptors (Lipinski definition) is 3. The van der Waals surface area contributed by atoms with Gasteiger partial charge >= 0.3 is 0 Å². The summed E-state index contributed by atoms with van der Waals surface area (Å²) < 4.78 is 1.79. The molecule has 1 N–H and O–H groups in total. The minimum absolute atomic E-state index is 0.165. The predicted octanol–water partition coefficient (Wildman–Crippen LogP) is 3.23. The molecule has 0 bridgehead atoms. The molecule has 0 saturated heterocycles. The molecule has 0 aliphatic heterocycles. The van der Waals surface area contributed by atoms with Gasteiger partial charge in [-0.15, -0.1) is 0 Å². The van der Waals surface area contributed by atoms with Gasteiger partial charge in [-0.25, -0.2) is 10.4 Å². The van der Waals surface area contributed by atoms with E-state index in [1.807, 2.05) is 43.3 Å². The number of carbonyl (C=O) groups excluding carboxylic acids is 1. The zero-order valence-corrected chi connectivity index (χ0v) is 13.3. The summed E-state index contributed by atoms with van der Waals surface area (Å²) in [7, 11) is 0. The first-order valence-electron chi connectivity index (χ1n) is 7.12.